The molecular weight excluding hydrogens is 262 g/mol. The number of nitrogens with two attached hydrogens (primary N) is 1. The van der Waals surface area contributed by atoms with Crippen molar-refractivity contribution in [3.05, 3.63) is 0 Å². The molecule has 0 aromatic heterocycles. The normalized spacial score (nSPS) is 13.8. The Morgan fingerprint density at radius 3 is 2.24 bits per heavy atom. The van der Waals surface area contributed by atoms with Gasteiger partial charge in [-0.2, -0.15) is 17.4 Å². The van der Waals surface area contributed by atoms with Crippen molar-refractivity contribution in [2.24, 2.45) is 5.73 Å². The molecular formula is C10H26ClN3O2S. The number of rotatable bonds is 8. The molecule has 3 N–H and O–H groups in total. The smallest absolute Gasteiger partial charge is 0.279 e. The molecule has 0 bridgehead atoms. The molecule has 0 amide bonds. The van der Waals surface area contributed by atoms with Gasteiger partial charge in [-0.15, -0.1) is 12.4 Å². The summed E-state index contributed by atoms with van der Waals surface area (Å²) < 4.78 is 27.7. The molecule has 0 spiro atoms. The van der Waals surface area contributed by atoms with Gasteiger partial charge in [-0.05, 0) is 20.3 Å². The first-order valence-electron chi connectivity index (χ1n) is 5.80. The molecule has 0 aliphatic carbocycles. The number of halogens is 1. The van der Waals surface area contributed by atoms with Gasteiger partial charge in [-0.1, -0.05) is 19.8 Å². The summed E-state index contributed by atoms with van der Waals surface area (Å²) in [7, 11) is -1.83. The van der Waals surface area contributed by atoms with Gasteiger partial charge in [0.05, 0.1) is 0 Å². The highest BCUT2D eigenvalue weighted by atomic mass is 35.5. The van der Waals surface area contributed by atoms with Gasteiger partial charge in [-0.25, -0.2) is 0 Å². The SMILES string of the molecule is CCCCC(CN)NS(=O)(=O)N(C)C(C)C.Cl. The zero-order valence-corrected chi connectivity index (χ0v) is 12.8. The second kappa shape index (κ2) is 9.10. The topological polar surface area (TPSA) is 75.4 Å². The number of hydrogen-bond donors (Lipinski definition) is 2. The van der Waals surface area contributed by atoms with Crippen molar-refractivity contribution in [3.8, 4) is 0 Å². The zero-order valence-electron chi connectivity index (χ0n) is 11.1. The van der Waals surface area contributed by atoms with Gasteiger partial charge < -0.3 is 5.73 Å². The average molecular weight is 288 g/mol. The fourth-order valence-corrected chi connectivity index (χ4v) is 2.60. The Bertz CT molecular complexity index is 283. The Balaban J connectivity index is 0. The summed E-state index contributed by atoms with van der Waals surface area (Å²) in [5.74, 6) is 0. The molecule has 0 radical (unpaired) electrons. The minimum atomic E-state index is -3.40. The van der Waals surface area contributed by atoms with Crippen LogP contribution in [-0.4, -0.2) is 38.4 Å². The van der Waals surface area contributed by atoms with Crippen LogP contribution in [0.15, 0.2) is 0 Å². The van der Waals surface area contributed by atoms with Gasteiger partial charge in [0, 0.05) is 25.7 Å². The lowest BCUT2D eigenvalue weighted by molar-refractivity contribution is 0.392. The van der Waals surface area contributed by atoms with Gasteiger partial charge in [0.2, 0.25) is 0 Å². The van der Waals surface area contributed by atoms with E-state index in [1.807, 2.05) is 13.8 Å². The van der Waals surface area contributed by atoms with Crippen molar-refractivity contribution in [2.75, 3.05) is 13.6 Å². The molecule has 0 fully saturated rings. The quantitative estimate of drug-likeness (QED) is 0.702. The lowest BCUT2D eigenvalue weighted by Crippen LogP contribution is -2.48. The summed E-state index contributed by atoms with van der Waals surface area (Å²) in [4.78, 5) is 0. The summed E-state index contributed by atoms with van der Waals surface area (Å²) in [6.07, 6.45) is 2.81. The molecule has 17 heavy (non-hydrogen) atoms. The van der Waals surface area contributed by atoms with Crippen LogP contribution >= 0.6 is 12.4 Å². The first-order chi connectivity index (χ1) is 7.35. The van der Waals surface area contributed by atoms with Crippen LogP contribution in [0.4, 0.5) is 0 Å². The summed E-state index contributed by atoms with van der Waals surface area (Å²) in [5.41, 5.74) is 5.55. The zero-order chi connectivity index (χ0) is 12.8. The average Bonchev–Trinajstić information content (AvgIpc) is 2.22. The summed E-state index contributed by atoms with van der Waals surface area (Å²) in [6, 6.07) is -0.215. The second-order valence-electron chi connectivity index (χ2n) is 4.31. The third-order valence-corrected chi connectivity index (χ3v) is 4.42. The summed E-state index contributed by atoms with van der Waals surface area (Å²) in [6.45, 7) is 6.08. The first kappa shape index (κ1) is 19.5. The van der Waals surface area contributed by atoms with E-state index in [4.69, 9.17) is 5.73 Å². The highest BCUT2D eigenvalue weighted by Gasteiger charge is 2.23. The highest BCUT2D eigenvalue weighted by Crippen LogP contribution is 2.05. The van der Waals surface area contributed by atoms with E-state index in [-0.39, 0.29) is 24.5 Å². The maximum absolute atomic E-state index is 11.9. The molecule has 0 saturated heterocycles. The van der Waals surface area contributed by atoms with Crippen LogP contribution in [0, 0.1) is 0 Å². The first-order valence-corrected chi connectivity index (χ1v) is 7.24. The van der Waals surface area contributed by atoms with Crippen LogP contribution in [0.25, 0.3) is 0 Å². The van der Waals surface area contributed by atoms with Gasteiger partial charge in [-0.3, -0.25) is 0 Å². The number of hydrogen-bond acceptors (Lipinski definition) is 3. The standard InChI is InChI=1S/C10H25N3O2S.ClH/c1-5-6-7-10(8-11)12-16(14,15)13(4)9(2)3;/h9-10,12H,5-8,11H2,1-4H3;1H. The van der Waals surface area contributed by atoms with E-state index in [0.29, 0.717) is 6.54 Å². The predicted molar refractivity (Wildman–Crippen MR) is 74.6 cm³/mol. The number of unbranched alkanes of at least 4 members (excludes halogenated alkanes) is 1. The molecule has 0 aliphatic rings. The number of nitrogens with one attached hydrogen (secondary N) is 1. The van der Waals surface area contributed by atoms with E-state index in [9.17, 15) is 8.42 Å². The van der Waals surface area contributed by atoms with Crippen LogP contribution in [0.2, 0.25) is 0 Å². The lowest BCUT2D eigenvalue weighted by atomic mass is 10.1. The molecule has 0 aromatic rings. The third kappa shape index (κ3) is 7.21. The second-order valence-corrected chi connectivity index (χ2v) is 6.07. The summed E-state index contributed by atoms with van der Waals surface area (Å²) >= 11 is 0. The van der Waals surface area contributed by atoms with Crippen molar-refractivity contribution < 1.29 is 8.42 Å². The van der Waals surface area contributed by atoms with E-state index < -0.39 is 10.2 Å². The van der Waals surface area contributed by atoms with E-state index in [0.717, 1.165) is 19.3 Å². The van der Waals surface area contributed by atoms with E-state index in [2.05, 4.69) is 11.6 Å². The fraction of sp³-hybridized carbons (Fsp3) is 1.00. The minimum Gasteiger partial charge on any atom is -0.329 e. The Kier molecular flexibility index (Phi) is 10.4. The molecule has 0 aliphatic heterocycles. The molecule has 1 unspecified atom stereocenters. The molecule has 0 rings (SSSR count). The molecule has 1 atom stereocenters. The van der Waals surface area contributed by atoms with Crippen LogP contribution in [-0.2, 0) is 10.2 Å². The molecule has 0 saturated carbocycles. The molecule has 7 heteroatoms. The largest absolute Gasteiger partial charge is 0.329 e. The maximum Gasteiger partial charge on any atom is 0.279 e. The molecule has 0 heterocycles. The van der Waals surface area contributed by atoms with Crippen LogP contribution in [0.5, 0.6) is 0 Å². The van der Waals surface area contributed by atoms with Gasteiger partial charge in [0.25, 0.3) is 10.2 Å². The molecule has 106 valence electrons. The van der Waals surface area contributed by atoms with Crippen molar-refractivity contribution in [2.45, 2.75) is 52.1 Å². The van der Waals surface area contributed by atoms with Crippen LogP contribution < -0.4 is 10.5 Å². The predicted octanol–water partition coefficient (Wildman–Crippen LogP) is 1.10. The van der Waals surface area contributed by atoms with Gasteiger partial charge in [0.1, 0.15) is 0 Å². The summed E-state index contributed by atoms with van der Waals surface area (Å²) in [5, 5.41) is 0. The Morgan fingerprint density at radius 1 is 1.35 bits per heavy atom. The van der Waals surface area contributed by atoms with E-state index in [1.54, 1.807) is 7.05 Å². The van der Waals surface area contributed by atoms with Crippen molar-refractivity contribution in [1.82, 2.24) is 9.03 Å². The van der Waals surface area contributed by atoms with Gasteiger partial charge in [0.15, 0.2) is 0 Å². The minimum absolute atomic E-state index is 0. The molecule has 0 aromatic carbocycles. The van der Waals surface area contributed by atoms with Crippen molar-refractivity contribution in [3.63, 3.8) is 0 Å². The van der Waals surface area contributed by atoms with E-state index in [1.165, 1.54) is 4.31 Å². The van der Waals surface area contributed by atoms with E-state index >= 15 is 0 Å². The van der Waals surface area contributed by atoms with Gasteiger partial charge >= 0.3 is 0 Å². The number of nitrogens with zero attached hydrogens (tertiary/aromatic N) is 1. The molecule has 5 nitrogen and oxygen atoms in total. The third-order valence-electron chi connectivity index (χ3n) is 2.61. The Hall–Kier alpha value is 0.120. The maximum atomic E-state index is 11.9. The monoisotopic (exact) mass is 287 g/mol. The fourth-order valence-electron chi connectivity index (χ4n) is 1.25. The van der Waals surface area contributed by atoms with Crippen LogP contribution in [0.1, 0.15) is 40.0 Å². The Labute approximate surface area is 112 Å². The van der Waals surface area contributed by atoms with Crippen molar-refractivity contribution in [1.29, 1.82) is 0 Å². The Morgan fingerprint density at radius 2 is 1.88 bits per heavy atom. The van der Waals surface area contributed by atoms with Crippen LogP contribution in [0.3, 0.4) is 0 Å². The highest BCUT2D eigenvalue weighted by molar-refractivity contribution is 7.87. The van der Waals surface area contributed by atoms with Crippen molar-refractivity contribution >= 4 is 22.6 Å². The lowest BCUT2D eigenvalue weighted by Gasteiger charge is -2.24.